The van der Waals surface area contributed by atoms with Gasteiger partial charge in [-0.3, -0.25) is 13.9 Å². The molecule has 1 N–H and O–H groups in total. The fourth-order valence-corrected chi connectivity index (χ4v) is 3.90. The monoisotopic (exact) mass is 455 g/mol. The van der Waals surface area contributed by atoms with E-state index in [-0.39, 0.29) is 12.2 Å². The predicted octanol–water partition coefficient (Wildman–Crippen LogP) is 2.41. The van der Waals surface area contributed by atoms with Gasteiger partial charge in [0.1, 0.15) is 18.4 Å². The summed E-state index contributed by atoms with van der Waals surface area (Å²) in [6.07, 6.45) is 0.882. The molecule has 0 bridgehead atoms. The molecule has 0 aromatic heterocycles. The largest absolute Gasteiger partial charge is 0.357 e. The van der Waals surface area contributed by atoms with Crippen LogP contribution >= 0.6 is 11.6 Å². The van der Waals surface area contributed by atoms with Crippen LogP contribution in [0, 0.1) is 5.82 Å². The van der Waals surface area contributed by atoms with Crippen LogP contribution in [0.25, 0.3) is 0 Å². The van der Waals surface area contributed by atoms with E-state index in [4.69, 9.17) is 11.6 Å². The summed E-state index contributed by atoms with van der Waals surface area (Å²) in [5, 5.41) is 2.86. The molecule has 2 aromatic rings. The Labute approximate surface area is 180 Å². The summed E-state index contributed by atoms with van der Waals surface area (Å²) in [5.41, 5.74) is 0.332. The van der Waals surface area contributed by atoms with Gasteiger partial charge in [0.2, 0.25) is 21.8 Å². The molecule has 0 aliphatic rings. The maximum absolute atomic E-state index is 14.3. The van der Waals surface area contributed by atoms with Crippen molar-refractivity contribution < 1.29 is 22.4 Å². The molecule has 30 heavy (non-hydrogen) atoms. The molecule has 10 heteroatoms. The van der Waals surface area contributed by atoms with Crippen molar-refractivity contribution in [3.05, 3.63) is 64.9 Å². The van der Waals surface area contributed by atoms with Gasteiger partial charge in [-0.15, -0.1) is 0 Å². The average molecular weight is 456 g/mol. The molecule has 0 saturated carbocycles. The Morgan fingerprint density at radius 2 is 1.73 bits per heavy atom. The van der Waals surface area contributed by atoms with Gasteiger partial charge in [0.05, 0.1) is 11.9 Å². The third kappa shape index (κ3) is 5.70. The molecule has 1 atom stereocenters. The fraction of sp³-hybridized carbons (Fsp3) is 0.300. The Bertz CT molecular complexity index is 1030. The van der Waals surface area contributed by atoms with Crippen LogP contribution in [0.4, 0.5) is 10.1 Å². The number of likely N-dealkylation sites (N-methyl/N-ethyl adjacent to an activating group) is 1. The summed E-state index contributed by atoms with van der Waals surface area (Å²) >= 11 is 6.19. The molecule has 0 saturated heterocycles. The molecule has 0 fully saturated rings. The van der Waals surface area contributed by atoms with Crippen molar-refractivity contribution >= 4 is 39.1 Å². The van der Waals surface area contributed by atoms with Crippen LogP contribution in [0.1, 0.15) is 12.5 Å². The van der Waals surface area contributed by atoms with Crippen LogP contribution in [0.2, 0.25) is 5.02 Å². The maximum atomic E-state index is 14.3. The van der Waals surface area contributed by atoms with Crippen LogP contribution in [0.15, 0.2) is 48.5 Å². The van der Waals surface area contributed by atoms with Crippen LogP contribution in [0.5, 0.6) is 0 Å². The number of para-hydroxylation sites is 1. The van der Waals surface area contributed by atoms with Crippen molar-refractivity contribution in [3.63, 3.8) is 0 Å². The summed E-state index contributed by atoms with van der Waals surface area (Å²) in [6.45, 7) is 0.814. The number of sulfonamides is 1. The van der Waals surface area contributed by atoms with Crippen molar-refractivity contribution in [1.82, 2.24) is 10.2 Å². The van der Waals surface area contributed by atoms with Gasteiger partial charge in [0.25, 0.3) is 0 Å². The Hall–Kier alpha value is -2.65. The summed E-state index contributed by atoms with van der Waals surface area (Å²) in [5.74, 6) is -1.90. The van der Waals surface area contributed by atoms with Crippen molar-refractivity contribution in [2.45, 2.75) is 19.5 Å². The second-order valence-electron chi connectivity index (χ2n) is 6.62. The van der Waals surface area contributed by atoms with E-state index >= 15 is 0 Å². The highest BCUT2D eigenvalue weighted by Gasteiger charge is 2.30. The summed E-state index contributed by atoms with van der Waals surface area (Å²) in [6, 6.07) is 11.1. The zero-order valence-corrected chi connectivity index (χ0v) is 18.4. The number of nitrogens with one attached hydrogen (secondary N) is 1. The standard InChI is InChI=1S/C20H23ClFN3O4S/c1-14(20(27)23-2)24(12-15-8-4-5-9-16(15)21)19(26)13-25(30(3,28)29)18-11-7-6-10-17(18)22/h4-11,14H,12-13H2,1-3H3,(H,23,27)/t14-/m0/s1. The Balaban J connectivity index is 2.41. The van der Waals surface area contributed by atoms with E-state index in [9.17, 15) is 22.4 Å². The van der Waals surface area contributed by atoms with E-state index < -0.39 is 40.2 Å². The lowest BCUT2D eigenvalue weighted by Crippen LogP contribution is -2.50. The van der Waals surface area contributed by atoms with Crippen LogP contribution in [-0.2, 0) is 26.2 Å². The minimum Gasteiger partial charge on any atom is -0.357 e. The number of nitrogens with zero attached hydrogens (tertiary/aromatic N) is 2. The van der Waals surface area contributed by atoms with Gasteiger partial charge in [-0.25, -0.2) is 12.8 Å². The van der Waals surface area contributed by atoms with Crippen LogP contribution in [0.3, 0.4) is 0 Å². The SMILES string of the molecule is CNC(=O)[C@H](C)N(Cc1ccccc1Cl)C(=O)CN(c1ccccc1F)S(C)(=O)=O. The van der Waals surface area contributed by atoms with E-state index in [0.717, 1.165) is 12.3 Å². The van der Waals surface area contributed by atoms with Crippen molar-refractivity contribution in [3.8, 4) is 0 Å². The summed E-state index contributed by atoms with van der Waals surface area (Å²) in [7, 11) is -2.55. The number of benzene rings is 2. The topological polar surface area (TPSA) is 86.8 Å². The number of hydrogen-bond donors (Lipinski definition) is 1. The normalized spacial score (nSPS) is 12.2. The van der Waals surface area contributed by atoms with Crippen molar-refractivity contribution in [2.75, 3.05) is 24.2 Å². The lowest BCUT2D eigenvalue weighted by atomic mass is 10.1. The van der Waals surface area contributed by atoms with Gasteiger partial charge < -0.3 is 10.2 Å². The summed E-state index contributed by atoms with van der Waals surface area (Å²) in [4.78, 5) is 26.6. The molecule has 7 nitrogen and oxygen atoms in total. The third-order valence-corrected chi connectivity index (χ3v) is 6.01. The van der Waals surface area contributed by atoms with Crippen molar-refractivity contribution in [1.29, 1.82) is 0 Å². The predicted molar refractivity (Wildman–Crippen MR) is 114 cm³/mol. The van der Waals surface area contributed by atoms with E-state index in [2.05, 4.69) is 5.32 Å². The molecule has 0 aliphatic carbocycles. The zero-order valence-electron chi connectivity index (χ0n) is 16.8. The van der Waals surface area contributed by atoms with Gasteiger partial charge in [0, 0.05) is 18.6 Å². The lowest BCUT2D eigenvalue weighted by Gasteiger charge is -2.31. The van der Waals surface area contributed by atoms with Gasteiger partial charge in [-0.05, 0) is 30.7 Å². The molecule has 0 radical (unpaired) electrons. The first-order chi connectivity index (χ1) is 14.1. The second-order valence-corrected chi connectivity index (χ2v) is 8.94. The quantitative estimate of drug-likeness (QED) is 0.662. The molecule has 2 amide bonds. The van der Waals surface area contributed by atoms with E-state index in [1.165, 1.54) is 37.1 Å². The average Bonchev–Trinajstić information content (AvgIpc) is 2.70. The molecule has 0 spiro atoms. The number of amides is 2. The number of halogens is 2. The number of carbonyl (C=O) groups excluding carboxylic acids is 2. The first-order valence-corrected chi connectivity index (χ1v) is 11.3. The van der Waals surface area contributed by atoms with Gasteiger partial charge >= 0.3 is 0 Å². The lowest BCUT2D eigenvalue weighted by molar-refractivity contribution is -0.139. The van der Waals surface area contributed by atoms with Crippen LogP contribution < -0.4 is 9.62 Å². The third-order valence-electron chi connectivity index (χ3n) is 4.51. The highest BCUT2D eigenvalue weighted by molar-refractivity contribution is 7.92. The van der Waals surface area contributed by atoms with E-state index in [1.54, 1.807) is 24.3 Å². The van der Waals surface area contributed by atoms with Crippen LogP contribution in [-0.4, -0.2) is 51.0 Å². The molecular weight excluding hydrogens is 433 g/mol. The molecule has 2 aromatic carbocycles. The second kappa shape index (κ2) is 9.90. The Morgan fingerprint density at radius 1 is 1.13 bits per heavy atom. The van der Waals surface area contributed by atoms with E-state index in [0.29, 0.717) is 14.9 Å². The van der Waals surface area contributed by atoms with Gasteiger partial charge in [-0.1, -0.05) is 41.9 Å². The molecule has 0 heterocycles. The highest BCUT2D eigenvalue weighted by atomic mass is 35.5. The first kappa shape index (κ1) is 23.6. The minimum atomic E-state index is -3.98. The number of rotatable bonds is 8. The van der Waals surface area contributed by atoms with Crippen molar-refractivity contribution in [2.24, 2.45) is 0 Å². The molecule has 2 rings (SSSR count). The van der Waals surface area contributed by atoms with Gasteiger partial charge in [-0.2, -0.15) is 0 Å². The molecule has 0 aliphatic heterocycles. The number of carbonyl (C=O) groups is 2. The number of hydrogen-bond acceptors (Lipinski definition) is 4. The highest BCUT2D eigenvalue weighted by Crippen LogP contribution is 2.23. The Kier molecular flexibility index (Phi) is 7.80. The Morgan fingerprint density at radius 3 is 2.30 bits per heavy atom. The maximum Gasteiger partial charge on any atom is 0.244 e. The first-order valence-electron chi connectivity index (χ1n) is 9.03. The zero-order chi connectivity index (χ0) is 22.5. The van der Waals surface area contributed by atoms with E-state index in [1.807, 2.05) is 0 Å². The smallest absolute Gasteiger partial charge is 0.244 e. The number of anilines is 1. The summed E-state index contributed by atoms with van der Waals surface area (Å²) < 4.78 is 39.5. The molecule has 162 valence electrons. The minimum absolute atomic E-state index is 0.0258. The fourth-order valence-electron chi connectivity index (χ4n) is 2.85. The molecule has 0 unspecified atom stereocenters. The molecular formula is C20H23ClFN3O4S. The van der Waals surface area contributed by atoms with Gasteiger partial charge in [0.15, 0.2) is 0 Å².